The van der Waals surface area contributed by atoms with Gasteiger partial charge in [0.05, 0.1) is 0 Å². The number of likely N-dealkylation sites (N-methyl/N-ethyl adjacent to an activating group) is 1. The predicted octanol–water partition coefficient (Wildman–Crippen LogP) is 2.27. The average molecular weight is 270 g/mol. The molecule has 1 saturated heterocycles. The Balaban J connectivity index is 2.01. The normalized spacial score (nSPS) is 16.8. The van der Waals surface area contributed by atoms with Gasteiger partial charge in [-0.1, -0.05) is 19.1 Å². The molecule has 2 aromatic rings. The summed E-state index contributed by atoms with van der Waals surface area (Å²) in [6.07, 6.45) is 0. The van der Waals surface area contributed by atoms with Gasteiger partial charge in [0, 0.05) is 48.3 Å². The molecular formula is C16H22N4. The Labute approximate surface area is 120 Å². The van der Waals surface area contributed by atoms with Crippen LogP contribution in [0.2, 0.25) is 0 Å². The standard InChI is InChI=1S/C16H22N4/c1-3-19-7-9-20(10-8-19)16-13-5-4-6-15(17)14(13)11-12(2)18-16/h4-6,11H,3,7-10,17H2,1-2H3. The Morgan fingerprint density at radius 3 is 2.60 bits per heavy atom. The zero-order chi connectivity index (χ0) is 14.1. The van der Waals surface area contributed by atoms with Crippen LogP contribution in [0, 0.1) is 6.92 Å². The van der Waals surface area contributed by atoms with Gasteiger partial charge in [0.2, 0.25) is 0 Å². The van der Waals surface area contributed by atoms with Gasteiger partial charge >= 0.3 is 0 Å². The molecule has 106 valence electrons. The number of rotatable bonds is 2. The van der Waals surface area contributed by atoms with E-state index in [4.69, 9.17) is 10.7 Å². The molecule has 20 heavy (non-hydrogen) atoms. The second-order valence-electron chi connectivity index (χ2n) is 5.45. The summed E-state index contributed by atoms with van der Waals surface area (Å²) in [4.78, 5) is 9.63. The SMILES string of the molecule is CCN1CCN(c2nc(C)cc3c(N)cccc23)CC1. The molecule has 4 nitrogen and oxygen atoms in total. The van der Waals surface area contributed by atoms with Crippen molar-refractivity contribution in [1.29, 1.82) is 0 Å². The van der Waals surface area contributed by atoms with Crippen LogP contribution in [0.15, 0.2) is 24.3 Å². The third-order valence-electron chi connectivity index (χ3n) is 4.14. The Morgan fingerprint density at radius 1 is 1.15 bits per heavy atom. The molecule has 2 N–H and O–H groups in total. The number of pyridine rings is 1. The fourth-order valence-corrected chi connectivity index (χ4v) is 2.92. The van der Waals surface area contributed by atoms with Gasteiger partial charge in [0.15, 0.2) is 0 Å². The molecule has 4 heteroatoms. The van der Waals surface area contributed by atoms with Crippen molar-refractivity contribution in [2.24, 2.45) is 0 Å². The van der Waals surface area contributed by atoms with Gasteiger partial charge < -0.3 is 15.5 Å². The van der Waals surface area contributed by atoms with Gasteiger partial charge in [-0.05, 0) is 25.6 Å². The number of anilines is 2. The van der Waals surface area contributed by atoms with E-state index < -0.39 is 0 Å². The summed E-state index contributed by atoms with van der Waals surface area (Å²) in [6, 6.07) is 8.18. The van der Waals surface area contributed by atoms with Crippen molar-refractivity contribution < 1.29 is 0 Å². The lowest BCUT2D eigenvalue weighted by molar-refractivity contribution is 0.271. The molecule has 0 bridgehead atoms. The fraction of sp³-hybridized carbons (Fsp3) is 0.438. The lowest BCUT2D eigenvalue weighted by atomic mass is 10.1. The molecule has 0 saturated carbocycles. The summed E-state index contributed by atoms with van der Waals surface area (Å²) in [5.41, 5.74) is 7.98. The maximum atomic E-state index is 6.11. The van der Waals surface area contributed by atoms with Crippen molar-refractivity contribution >= 4 is 22.3 Å². The first-order chi connectivity index (χ1) is 9.69. The number of hydrogen-bond acceptors (Lipinski definition) is 4. The second kappa shape index (κ2) is 5.29. The lowest BCUT2D eigenvalue weighted by Gasteiger charge is -2.35. The number of nitrogen functional groups attached to an aromatic ring is 1. The molecule has 3 rings (SSSR count). The Hall–Kier alpha value is -1.81. The molecule has 1 aromatic carbocycles. The minimum atomic E-state index is 0.835. The van der Waals surface area contributed by atoms with E-state index in [0.29, 0.717) is 0 Å². The summed E-state index contributed by atoms with van der Waals surface area (Å²) < 4.78 is 0. The van der Waals surface area contributed by atoms with Crippen molar-refractivity contribution in [2.45, 2.75) is 13.8 Å². The number of piperazine rings is 1. The highest BCUT2D eigenvalue weighted by Gasteiger charge is 2.19. The average Bonchev–Trinajstić information content (AvgIpc) is 2.48. The van der Waals surface area contributed by atoms with E-state index in [9.17, 15) is 0 Å². The van der Waals surface area contributed by atoms with Crippen molar-refractivity contribution in [3.63, 3.8) is 0 Å². The first-order valence-corrected chi connectivity index (χ1v) is 7.32. The highest BCUT2D eigenvalue weighted by molar-refractivity contribution is 5.99. The van der Waals surface area contributed by atoms with Gasteiger partial charge in [-0.15, -0.1) is 0 Å². The topological polar surface area (TPSA) is 45.4 Å². The fourth-order valence-electron chi connectivity index (χ4n) is 2.92. The number of benzene rings is 1. The molecule has 0 amide bonds. The zero-order valence-electron chi connectivity index (χ0n) is 12.3. The quantitative estimate of drug-likeness (QED) is 0.850. The Morgan fingerprint density at radius 2 is 1.90 bits per heavy atom. The van der Waals surface area contributed by atoms with Crippen LogP contribution in [0.3, 0.4) is 0 Å². The minimum Gasteiger partial charge on any atom is -0.398 e. The van der Waals surface area contributed by atoms with Crippen molar-refractivity contribution in [1.82, 2.24) is 9.88 Å². The lowest BCUT2D eigenvalue weighted by Crippen LogP contribution is -2.46. The monoisotopic (exact) mass is 270 g/mol. The maximum absolute atomic E-state index is 6.11. The first kappa shape index (κ1) is 13.2. The van der Waals surface area contributed by atoms with E-state index in [2.05, 4.69) is 28.9 Å². The number of nitrogens with zero attached hydrogens (tertiary/aromatic N) is 3. The van der Waals surface area contributed by atoms with Gasteiger partial charge in [-0.2, -0.15) is 0 Å². The third-order valence-corrected chi connectivity index (χ3v) is 4.14. The number of aromatic nitrogens is 1. The molecule has 0 atom stereocenters. The zero-order valence-corrected chi connectivity index (χ0v) is 12.3. The van der Waals surface area contributed by atoms with Crippen LogP contribution < -0.4 is 10.6 Å². The number of aryl methyl sites for hydroxylation is 1. The molecule has 0 spiro atoms. The van der Waals surface area contributed by atoms with Gasteiger partial charge in [-0.25, -0.2) is 4.98 Å². The highest BCUT2D eigenvalue weighted by Crippen LogP contribution is 2.30. The van der Waals surface area contributed by atoms with Crippen LogP contribution in [0.4, 0.5) is 11.5 Å². The molecule has 0 unspecified atom stereocenters. The first-order valence-electron chi connectivity index (χ1n) is 7.32. The van der Waals surface area contributed by atoms with Crippen LogP contribution in [0.1, 0.15) is 12.6 Å². The molecule has 1 aliphatic heterocycles. The van der Waals surface area contributed by atoms with Crippen molar-refractivity contribution in [3.05, 3.63) is 30.0 Å². The van der Waals surface area contributed by atoms with Crippen molar-refractivity contribution in [3.8, 4) is 0 Å². The Kier molecular flexibility index (Phi) is 3.49. The van der Waals surface area contributed by atoms with Gasteiger partial charge in [-0.3, -0.25) is 0 Å². The smallest absolute Gasteiger partial charge is 0.136 e. The molecule has 0 radical (unpaired) electrons. The van der Waals surface area contributed by atoms with Gasteiger partial charge in [0.1, 0.15) is 5.82 Å². The molecule has 2 heterocycles. The van der Waals surface area contributed by atoms with Crippen LogP contribution in [-0.2, 0) is 0 Å². The van der Waals surface area contributed by atoms with E-state index in [1.807, 2.05) is 19.1 Å². The molecule has 0 aliphatic carbocycles. The number of hydrogen-bond donors (Lipinski definition) is 1. The van der Waals surface area contributed by atoms with Crippen LogP contribution in [0.5, 0.6) is 0 Å². The van der Waals surface area contributed by atoms with Gasteiger partial charge in [0.25, 0.3) is 0 Å². The van der Waals surface area contributed by atoms with Crippen molar-refractivity contribution in [2.75, 3.05) is 43.4 Å². The minimum absolute atomic E-state index is 0.835. The molecular weight excluding hydrogens is 248 g/mol. The summed E-state index contributed by atoms with van der Waals surface area (Å²) in [5, 5.41) is 2.29. The maximum Gasteiger partial charge on any atom is 0.136 e. The summed E-state index contributed by atoms with van der Waals surface area (Å²) in [6.45, 7) is 9.67. The number of fused-ring (bicyclic) bond motifs is 1. The summed E-state index contributed by atoms with van der Waals surface area (Å²) in [5.74, 6) is 1.09. The van der Waals surface area contributed by atoms with E-state index >= 15 is 0 Å². The molecule has 1 aromatic heterocycles. The largest absolute Gasteiger partial charge is 0.398 e. The number of nitrogens with two attached hydrogens (primary N) is 1. The van der Waals surface area contributed by atoms with E-state index in [1.54, 1.807) is 0 Å². The van der Waals surface area contributed by atoms with Crippen LogP contribution in [0.25, 0.3) is 10.8 Å². The molecule has 1 aliphatic rings. The summed E-state index contributed by atoms with van der Waals surface area (Å²) in [7, 11) is 0. The van der Waals surface area contributed by atoms with Crippen LogP contribution in [-0.4, -0.2) is 42.6 Å². The second-order valence-corrected chi connectivity index (χ2v) is 5.45. The van der Waals surface area contributed by atoms with E-state index in [0.717, 1.165) is 55.3 Å². The van der Waals surface area contributed by atoms with E-state index in [-0.39, 0.29) is 0 Å². The highest BCUT2D eigenvalue weighted by atomic mass is 15.3. The third kappa shape index (κ3) is 2.31. The Bertz CT molecular complexity index is 615. The van der Waals surface area contributed by atoms with E-state index in [1.165, 1.54) is 5.39 Å². The molecule has 1 fully saturated rings. The predicted molar refractivity (Wildman–Crippen MR) is 85.2 cm³/mol. The van der Waals surface area contributed by atoms with Crippen LogP contribution >= 0.6 is 0 Å². The summed E-state index contributed by atoms with van der Waals surface area (Å²) >= 11 is 0.